The SMILES string of the molecule is OC1(Cc2ccc(F)cc2F)CCN(CC2Cc3cc(OCc4ccccc4)ccc3O2)CC1. The Balaban J connectivity index is 1.11. The fourth-order valence-electron chi connectivity index (χ4n) is 4.87. The van der Waals surface area contributed by atoms with Crippen LogP contribution in [0.1, 0.15) is 29.5 Å². The van der Waals surface area contributed by atoms with Crippen LogP contribution in [0.5, 0.6) is 11.5 Å². The largest absolute Gasteiger partial charge is 0.489 e. The van der Waals surface area contributed by atoms with Gasteiger partial charge in [0.15, 0.2) is 0 Å². The molecule has 1 atom stereocenters. The Morgan fingerprint density at radius 3 is 2.56 bits per heavy atom. The minimum absolute atomic E-state index is 0.0557. The van der Waals surface area contributed by atoms with Crippen LogP contribution in [0.25, 0.3) is 0 Å². The summed E-state index contributed by atoms with van der Waals surface area (Å²) in [6, 6.07) is 19.6. The molecule has 0 aliphatic carbocycles. The lowest BCUT2D eigenvalue weighted by Gasteiger charge is -2.39. The first-order chi connectivity index (χ1) is 16.5. The number of ether oxygens (including phenoxy) is 2. The van der Waals surface area contributed by atoms with Crippen LogP contribution in [-0.2, 0) is 19.4 Å². The Labute approximate surface area is 198 Å². The van der Waals surface area contributed by atoms with Gasteiger partial charge in [0.05, 0.1) is 5.60 Å². The van der Waals surface area contributed by atoms with Crippen LogP contribution >= 0.6 is 0 Å². The van der Waals surface area contributed by atoms with Crippen LogP contribution in [0, 0.1) is 11.6 Å². The van der Waals surface area contributed by atoms with Crippen molar-refractivity contribution in [3.8, 4) is 11.5 Å². The molecule has 0 amide bonds. The van der Waals surface area contributed by atoms with Gasteiger partial charge in [-0.2, -0.15) is 0 Å². The maximum atomic E-state index is 14.0. The molecule has 0 spiro atoms. The lowest BCUT2D eigenvalue weighted by molar-refractivity contribution is -0.0270. The normalized spacial score (nSPS) is 19.4. The first kappa shape index (κ1) is 22.8. The molecule has 178 valence electrons. The van der Waals surface area contributed by atoms with Crippen molar-refractivity contribution in [1.29, 1.82) is 0 Å². The van der Waals surface area contributed by atoms with Gasteiger partial charge in [0.2, 0.25) is 0 Å². The van der Waals surface area contributed by atoms with Crippen molar-refractivity contribution in [1.82, 2.24) is 4.90 Å². The predicted octanol–water partition coefficient (Wildman–Crippen LogP) is 4.92. The van der Waals surface area contributed by atoms with Crippen LogP contribution in [0.2, 0.25) is 0 Å². The number of aliphatic hydroxyl groups is 1. The predicted molar refractivity (Wildman–Crippen MR) is 126 cm³/mol. The summed E-state index contributed by atoms with van der Waals surface area (Å²) in [7, 11) is 0. The first-order valence-corrected chi connectivity index (χ1v) is 11.8. The second-order valence-electron chi connectivity index (χ2n) is 9.43. The van der Waals surface area contributed by atoms with Crippen molar-refractivity contribution in [3.05, 3.63) is 95.1 Å². The van der Waals surface area contributed by atoms with Crippen LogP contribution in [0.4, 0.5) is 8.78 Å². The fourth-order valence-corrected chi connectivity index (χ4v) is 4.87. The van der Waals surface area contributed by atoms with Gasteiger partial charge in [-0.05, 0) is 48.2 Å². The molecule has 0 saturated carbocycles. The highest BCUT2D eigenvalue weighted by Gasteiger charge is 2.35. The summed E-state index contributed by atoms with van der Waals surface area (Å²) in [6.07, 6.45) is 2.16. The lowest BCUT2D eigenvalue weighted by Crippen LogP contribution is -2.48. The zero-order valence-corrected chi connectivity index (χ0v) is 19.1. The van der Waals surface area contributed by atoms with Crippen molar-refractivity contribution in [2.45, 2.75) is 44.0 Å². The van der Waals surface area contributed by atoms with Gasteiger partial charge in [-0.3, -0.25) is 4.90 Å². The molecular formula is C28H29F2NO3. The van der Waals surface area contributed by atoms with Crippen LogP contribution in [0.15, 0.2) is 66.7 Å². The molecule has 4 nitrogen and oxygen atoms in total. The highest BCUT2D eigenvalue weighted by Crippen LogP contribution is 2.34. The second kappa shape index (κ2) is 9.72. The first-order valence-electron chi connectivity index (χ1n) is 11.8. The summed E-state index contributed by atoms with van der Waals surface area (Å²) in [5, 5.41) is 11.0. The molecule has 3 aromatic rings. The number of rotatable bonds is 7. The molecule has 0 radical (unpaired) electrons. The van der Waals surface area contributed by atoms with Crippen LogP contribution in [0.3, 0.4) is 0 Å². The van der Waals surface area contributed by atoms with E-state index in [0.29, 0.717) is 38.1 Å². The summed E-state index contributed by atoms with van der Waals surface area (Å²) in [4.78, 5) is 2.29. The molecule has 2 heterocycles. The van der Waals surface area contributed by atoms with Crippen LogP contribution in [-0.4, -0.2) is 41.3 Å². The number of hydrogen-bond donors (Lipinski definition) is 1. The van der Waals surface area contributed by atoms with E-state index in [1.165, 1.54) is 12.1 Å². The third-order valence-electron chi connectivity index (χ3n) is 6.80. The van der Waals surface area contributed by atoms with E-state index in [0.717, 1.165) is 41.7 Å². The monoisotopic (exact) mass is 465 g/mol. The van der Waals surface area contributed by atoms with E-state index < -0.39 is 17.2 Å². The van der Waals surface area contributed by atoms with Crippen molar-refractivity contribution >= 4 is 0 Å². The third kappa shape index (κ3) is 5.40. The van der Waals surface area contributed by atoms with Crippen molar-refractivity contribution in [2.75, 3.05) is 19.6 Å². The van der Waals surface area contributed by atoms with E-state index in [2.05, 4.69) is 11.0 Å². The van der Waals surface area contributed by atoms with Gasteiger partial charge in [0.25, 0.3) is 0 Å². The number of benzene rings is 3. The number of halogens is 2. The smallest absolute Gasteiger partial charge is 0.129 e. The third-order valence-corrected chi connectivity index (χ3v) is 6.80. The number of piperidine rings is 1. The van der Waals surface area contributed by atoms with Gasteiger partial charge in [0, 0.05) is 44.1 Å². The van der Waals surface area contributed by atoms with Gasteiger partial charge in [-0.1, -0.05) is 36.4 Å². The minimum atomic E-state index is -0.973. The molecule has 1 unspecified atom stereocenters. The summed E-state index contributed by atoms with van der Waals surface area (Å²) < 4.78 is 39.3. The van der Waals surface area contributed by atoms with Crippen molar-refractivity contribution < 1.29 is 23.4 Å². The Morgan fingerprint density at radius 2 is 1.79 bits per heavy atom. The summed E-state index contributed by atoms with van der Waals surface area (Å²) in [6.45, 7) is 2.72. The molecule has 1 fully saturated rings. The van der Waals surface area contributed by atoms with Crippen molar-refractivity contribution in [2.24, 2.45) is 0 Å². The van der Waals surface area contributed by atoms with Gasteiger partial charge >= 0.3 is 0 Å². The Bertz CT molecular complexity index is 1130. The molecule has 6 heteroatoms. The molecule has 34 heavy (non-hydrogen) atoms. The van der Waals surface area contributed by atoms with Crippen LogP contribution < -0.4 is 9.47 Å². The second-order valence-corrected chi connectivity index (χ2v) is 9.43. The number of fused-ring (bicyclic) bond motifs is 1. The quantitative estimate of drug-likeness (QED) is 0.538. The lowest BCUT2D eigenvalue weighted by atomic mass is 9.85. The Morgan fingerprint density at radius 1 is 1.00 bits per heavy atom. The summed E-state index contributed by atoms with van der Waals surface area (Å²) >= 11 is 0. The zero-order chi connectivity index (χ0) is 23.5. The zero-order valence-electron chi connectivity index (χ0n) is 19.1. The average molecular weight is 466 g/mol. The topological polar surface area (TPSA) is 41.9 Å². The molecule has 2 aliphatic heterocycles. The molecular weight excluding hydrogens is 436 g/mol. The molecule has 5 rings (SSSR count). The van der Waals surface area contributed by atoms with Gasteiger partial charge < -0.3 is 14.6 Å². The standard InChI is InChI=1S/C28H29F2NO3/c29-23-7-6-21(26(30)16-23)17-28(32)10-12-31(13-11-28)18-25-15-22-14-24(8-9-27(22)34-25)33-19-20-4-2-1-3-5-20/h1-9,14,16,25,32H,10-13,15,17-19H2. The van der Waals surface area contributed by atoms with Crippen molar-refractivity contribution in [3.63, 3.8) is 0 Å². The van der Waals surface area contributed by atoms with Gasteiger partial charge in [0.1, 0.15) is 35.8 Å². The number of likely N-dealkylation sites (tertiary alicyclic amines) is 1. The highest BCUT2D eigenvalue weighted by atomic mass is 19.1. The minimum Gasteiger partial charge on any atom is -0.489 e. The maximum Gasteiger partial charge on any atom is 0.129 e. The summed E-state index contributed by atoms with van der Waals surface area (Å²) in [5.74, 6) is 0.538. The number of hydrogen-bond acceptors (Lipinski definition) is 4. The molecule has 3 aromatic carbocycles. The average Bonchev–Trinajstić information content (AvgIpc) is 3.23. The molecule has 0 bridgehead atoms. The van der Waals surface area contributed by atoms with E-state index in [-0.39, 0.29) is 12.5 Å². The Hall–Kier alpha value is -2.96. The van der Waals surface area contributed by atoms with E-state index in [1.54, 1.807) is 0 Å². The molecule has 2 aliphatic rings. The van der Waals surface area contributed by atoms with E-state index >= 15 is 0 Å². The highest BCUT2D eigenvalue weighted by molar-refractivity contribution is 5.43. The van der Waals surface area contributed by atoms with E-state index in [9.17, 15) is 13.9 Å². The van der Waals surface area contributed by atoms with E-state index in [4.69, 9.17) is 9.47 Å². The van der Waals surface area contributed by atoms with E-state index in [1.807, 2.05) is 42.5 Å². The molecule has 1 N–H and O–H groups in total. The summed E-state index contributed by atoms with van der Waals surface area (Å²) in [5.41, 5.74) is 1.66. The van der Waals surface area contributed by atoms with Gasteiger partial charge in [-0.25, -0.2) is 8.78 Å². The maximum absolute atomic E-state index is 14.0. The molecule has 0 aromatic heterocycles. The molecule has 1 saturated heterocycles. The number of nitrogens with zero attached hydrogens (tertiary/aromatic N) is 1. The fraction of sp³-hybridized carbons (Fsp3) is 0.357. The van der Waals surface area contributed by atoms with Gasteiger partial charge in [-0.15, -0.1) is 0 Å². The Kier molecular flexibility index (Phi) is 6.53.